The van der Waals surface area contributed by atoms with Crippen LogP contribution in [0.3, 0.4) is 0 Å². The maximum Gasteiger partial charge on any atom is 0.388 e. The van der Waals surface area contributed by atoms with Gasteiger partial charge in [0.2, 0.25) is 5.88 Å². The van der Waals surface area contributed by atoms with Crippen LogP contribution in [-0.2, 0) is 0 Å². The van der Waals surface area contributed by atoms with Gasteiger partial charge in [-0.05, 0) is 12.1 Å². The monoisotopic (exact) mass is 194 g/mol. The highest BCUT2D eigenvalue weighted by molar-refractivity contribution is 6.29. The van der Waals surface area contributed by atoms with Crippen molar-refractivity contribution in [3.8, 4) is 5.88 Å². The molecule has 0 radical (unpaired) electrons. The number of alkyl halides is 2. The summed E-state index contributed by atoms with van der Waals surface area (Å²) >= 11 is 5.41. The van der Waals surface area contributed by atoms with Crippen molar-refractivity contribution in [1.29, 1.82) is 0 Å². The van der Waals surface area contributed by atoms with Crippen LogP contribution in [0.1, 0.15) is 0 Å². The minimum Gasteiger partial charge on any atom is -0.415 e. The number of halogens is 3. The van der Waals surface area contributed by atoms with E-state index in [0.717, 1.165) is 0 Å². The van der Waals surface area contributed by atoms with Crippen molar-refractivity contribution in [2.24, 2.45) is 0 Å². The number of ether oxygens (including phenoxy) is 1. The SMILES string of the molecule is Nc1ccc(Cl)nc1OC(F)F. The van der Waals surface area contributed by atoms with E-state index < -0.39 is 6.61 Å². The summed E-state index contributed by atoms with van der Waals surface area (Å²) in [4.78, 5) is 3.45. The van der Waals surface area contributed by atoms with Gasteiger partial charge in [-0.2, -0.15) is 13.8 Å². The Kier molecular flexibility index (Phi) is 2.65. The van der Waals surface area contributed by atoms with E-state index in [9.17, 15) is 8.78 Å². The maximum atomic E-state index is 11.7. The average Bonchev–Trinajstić information content (AvgIpc) is 1.96. The quantitative estimate of drug-likeness (QED) is 0.732. The zero-order chi connectivity index (χ0) is 9.14. The smallest absolute Gasteiger partial charge is 0.388 e. The van der Waals surface area contributed by atoms with Gasteiger partial charge in [-0.1, -0.05) is 11.6 Å². The molecular formula is C6H5ClF2N2O. The summed E-state index contributed by atoms with van der Waals surface area (Å²) in [6.45, 7) is -2.95. The Bertz CT molecular complexity index is 282. The highest BCUT2D eigenvalue weighted by Crippen LogP contribution is 2.22. The molecule has 0 bridgehead atoms. The molecule has 0 amide bonds. The summed E-state index contributed by atoms with van der Waals surface area (Å²) < 4.78 is 27.3. The zero-order valence-corrected chi connectivity index (χ0v) is 6.55. The third kappa shape index (κ3) is 2.20. The molecule has 0 aromatic carbocycles. The molecule has 0 saturated carbocycles. The van der Waals surface area contributed by atoms with Crippen molar-refractivity contribution in [2.75, 3.05) is 5.73 Å². The lowest BCUT2D eigenvalue weighted by atomic mass is 10.4. The summed E-state index contributed by atoms with van der Waals surface area (Å²) in [5.74, 6) is -0.350. The van der Waals surface area contributed by atoms with Gasteiger partial charge in [0.1, 0.15) is 5.15 Å². The molecule has 2 N–H and O–H groups in total. The second-order valence-electron chi connectivity index (χ2n) is 1.91. The van der Waals surface area contributed by atoms with Crippen molar-refractivity contribution >= 4 is 17.3 Å². The molecule has 66 valence electrons. The predicted octanol–water partition coefficient (Wildman–Crippen LogP) is 1.92. The molecular weight excluding hydrogens is 190 g/mol. The highest BCUT2D eigenvalue weighted by Gasteiger charge is 2.09. The van der Waals surface area contributed by atoms with Gasteiger partial charge >= 0.3 is 6.61 Å². The Morgan fingerprint density at radius 1 is 1.50 bits per heavy atom. The lowest BCUT2D eigenvalue weighted by molar-refractivity contribution is -0.0522. The van der Waals surface area contributed by atoms with Gasteiger partial charge in [-0.15, -0.1) is 0 Å². The lowest BCUT2D eigenvalue weighted by Crippen LogP contribution is -2.06. The Labute approximate surface area is 72.1 Å². The Morgan fingerprint density at radius 3 is 2.75 bits per heavy atom. The number of rotatable bonds is 2. The summed E-state index contributed by atoms with van der Waals surface area (Å²) in [5, 5.41) is 0.0554. The van der Waals surface area contributed by atoms with Gasteiger partial charge in [0.05, 0.1) is 5.69 Å². The van der Waals surface area contributed by atoms with Gasteiger partial charge in [-0.3, -0.25) is 0 Å². The van der Waals surface area contributed by atoms with E-state index in [0.29, 0.717) is 0 Å². The first-order valence-corrected chi connectivity index (χ1v) is 3.34. The standard InChI is InChI=1S/C6H5ClF2N2O/c7-4-2-1-3(10)5(11-4)12-6(8)9/h1-2,6H,10H2. The predicted molar refractivity (Wildman–Crippen MR) is 40.3 cm³/mol. The number of pyridine rings is 1. The second kappa shape index (κ2) is 3.53. The van der Waals surface area contributed by atoms with E-state index in [-0.39, 0.29) is 16.7 Å². The molecule has 0 saturated heterocycles. The Balaban J connectivity index is 2.90. The number of aromatic nitrogens is 1. The van der Waals surface area contributed by atoms with Gasteiger partial charge in [0, 0.05) is 0 Å². The van der Waals surface area contributed by atoms with Crippen LogP contribution in [0.4, 0.5) is 14.5 Å². The summed E-state index contributed by atoms with van der Waals surface area (Å²) in [6, 6.07) is 2.72. The van der Waals surface area contributed by atoms with Gasteiger partial charge < -0.3 is 10.5 Å². The maximum absolute atomic E-state index is 11.7. The Hall–Kier alpha value is -1.10. The minimum atomic E-state index is -2.95. The van der Waals surface area contributed by atoms with Crippen molar-refractivity contribution in [3.05, 3.63) is 17.3 Å². The number of nitrogens with two attached hydrogens (primary N) is 1. The fourth-order valence-electron chi connectivity index (χ4n) is 0.607. The van der Waals surface area contributed by atoms with E-state index in [1.54, 1.807) is 0 Å². The summed E-state index contributed by atoms with van der Waals surface area (Å²) in [7, 11) is 0. The average molecular weight is 195 g/mol. The first-order chi connectivity index (χ1) is 5.59. The number of nitrogens with zero attached hydrogens (tertiary/aromatic N) is 1. The fourth-order valence-corrected chi connectivity index (χ4v) is 0.747. The molecule has 0 aliphatic heterocycles. The molecule has 1 aromatic heterocycles. The number of anilines is 1. The van der Waals surface area contributed by atoms with E-state index >= 15 is 0 Å². The van der Waals surface area contributed by atoms with Crippen molar-refractivity contribution in [3.63, 3.8) is 0 Å². The van der Waals surface area contributed by atoms with E-state index in [4.69, 9.17) is 17.3 Å². The lowest BCUT2D eigenvalue weighted by Gasteiger charge is -2.05. The fraction of sp³-hybridized carbons (Fsp3) is 0.167. The third-order valence-electron chi connectivity index (χ3n) is 1.06. The summed E-state index contributed by atoms with van der Waals surface area (Å²) in [6.07, 6.45) is 0. The van der Waals surface area contributed by atoms with Crippen LogP contribution >= 0.6 is 11.6 Å². The molecule has 1 rings (SSSR count). The van der Waals surface area contributed by atoms with Crippen LogP contribution in [0.25, 0.3) is 0 Å². The molecule has 0 fully saturated rings. The topological polar surface area (TPSA) is 48.1 Å². The van der Waals surface area contributed by atoms with Gasteiger partial charge in [-0.25, -0.2) is 0 Å². The first-order valence-electron chi connectivity index (χ1n) is 2.96. The molecule has 3 nitrogen and oxygen atoms in total. The largest absolute Gasteiger partial charge is 0.415 e. The first kappa shape index (κ1) is 8.99. The van der Waals surface area contributed by atoms with Crippen LogP contribution in [-0.4, -0.2) is 11.6 Å². The molecule has 1 aromatic rings. The minimum absolute atomic E-state index is 0.0275. The number of nitrogen functional groups attached to an aromatic ring is 1. The molecule has 0 aliphatic carbocycles. The molecule has 0 aliphatic rings. The third-order valence-corrected chi connectivity index (χ3v) is 1.27. The molecule has 1 heterocycles. The number of hydrogen-bond acceptors (Lipinski definition) is 3. The van der Waals surface area contributed by atoms with Crippen LogP contribution in [0.2, 0.25) is 5.15 Å². The van der Waals surface area contributed by atoms with E-state index in [1.807, 2.05) is 0 Å². The molecule has 0 atom stereocenters. The Morgan fingerprint density at radius 2 is 2.17 bits per heavy atom. The van der Waals surface area contributed by atoms with Crippen LogP contribution in [0, 0.1) is 0 Å². The molecule has 0 unspecified atom stereocenters. The molecule has 12 heavy (non-hydrogen) atoms. The zero-order valence-electron chi connectivity index (χ0n) is 5.80. The van der Waals surface area contributed by atoms with Gasteiger partial charge in [0.25, 0.3) is 0 Å². The van der Waals surface area contributed by atoms with Crippen molar-refractivity contribution in [1.82, 2.24) is 4.98 Å². The van der Waals surface area contributed by atoms with Crippen LogP contribution in [0.5, 0.6) is 5.88 Å². The summed E-state index contributed by atoms with van der Waals surface area (Å²) in [5.41, 5.74) is 5.29. The molecule has 0 spiro atoms. The highest BCUT2D eigenvalue weighted by atomic mass is 35.5. The van der Waals surface area contributed by atoms with E-state index in [1.165, 1.54) is 12.1 Å². The van der Waals surface area contributed by atoms with Gasteiger partial charge in [0.15, 0.2) is 0 Å². The van der Waals surface area contributed by atoms with Crippen LogP contribution < -0.4 is 10.5 Å². The second-order valence-corrected chi connectivity index (χ2v) is 2.29. The van der Waals surface area contributed by atoms with E-state index in [2.05, 4.69) is 9.72 Å². The number of hydrogen-bond donors (Lipinski definition) is 1. The normalized spacial score (nSPS) is 10.3. The van der Waals surface area contributed by atoms with Crippen molar-refractivity contribution in [2.45, 2.75) is 6.61 Å². The molecule has 6 heteroatoms. The van der Waals surface area contributed by atoms with Crippen LogP contribution in [0.15, 0.2) is 12.1 Å². The van der Waals surface area contributed by atoms with Crippen molar-refractivity contribution < 1.29 is 13.5 Å².